The zero-order chi connectivity index (χ0) is 14.1. The molecule has 0 saturated carbocycles. The van der Waals surface area contributed by atoms with Gasteiger partial charge in [0.15, 0.2) is 0 Å². The molecule has 1 aromatic heterocycles. The number of hydrogen-bond acceptors (Lipinski definition) is 6. The van der Waals surface area contributed by atoms with Gasteiger partial charge in [-0.2, -0.15) is 5.26 Å². The van der Waals surface area contributed by atoms with E-state index < -0.39 is 0 Å². The van der Waals surface area contributed by atoms with Gasteiger partial charge >= 0.3 is 0 Å². The first-order chi connectivity index (χ1) is 9.70. The van der Waals surface area contributed by atoms with Crippen LogP contribution in [0.15, 0.2) is 18.2 Å². The third-order valence-corrected chi connectivity index (χ3v) is 3.46. The number of anilines is 2. The van der Waals surface area contributed by atoms with E-state index in [1.807, 2.05) is 18.2 Å². The molecule has 102 valence electrons. The zero-order valence-electron chi connectivity index (χ0n) is 10.8. The maximum atomic E-state index is 10.2. The number of rotatable bonds is 1. The summed E-state index contributed by atoms with van der Waals surface area (Å²) in [5.41, 5.74) is 7.24. The summed E-state index contributed by atoms with van der Waals surface area (Å²) in [5.74, 6) is -0.0540. The molecule has 0 atom stereocenters. The lowest BCUT2D eigenvalue weighted by Gasteiger charge is -2.29. The van der Waals surface area contributed by atoms with Crippen LogP contribution in [0.25, 0.3) is 10.9 Å². The first-order valence-electron chi connectivity index (χ1n) is 6.35. The maximum Gasteiger partial charge on any atom is 0.146 e. The van der Waals surface area contributed by atoms with Crippen LogP contribution in [0.2, 0.25) is 0 Å². The van der Waals surface area contributed by atoms with Crippen molar-refractivity contribution in [3.05, 3.63) is 23.8 Å². The fourth-order valence-corrected chi connectivity index (χ4v) is 2.38. The molecule has 0 aliphatic carbocycles. The van der Waals surface area contributed by atoms with Crippen molar-refractivity contribution in [2.45, 2.75) is 0 Å². The largest absolute Gasteiger partial charge is 0.506 e. The fourth-order valence-electron chi connectivity index (χ4n) is 2.38. The number of fused-ring (bicyclic) bond motifs is 1. The number of pyridine rings is 1. The summed E-state index contributed by atoms with van der Waals surface area (Å²) in [6, 6.07) is 7.46. The van der Waals surface area contributed by atoms with Gasteiger partial charge in [0.25, 0.3) is 0 Å². The van der Waals surface area contributed by atoms with Crippen LogP contribution < -0.4 is 10.6 Å². The highest BCUT2D eigenvalue weighted by Gasteiger charge is 2.16. The van der Waals surface area contributed by atoms with Gasteiger partial charge in [-0.3, -0.25) is 0 Å². The molecule has 1 aliphatic rings. The molecule has 3 rings (SSSR count). The fraction of sp³-hybridized carbons (Fsp3) is 0.286. The van der Waals surface area contributed by atoms with Gasteiger partial charge < -0.3 is 20.5 Å². The summed E-state index contributed by atoms with van der Waals surface area (Å²) in [4.78, 5) is 6.32. The zero-order valence-corrected chi connectivity index (χ0v) is 10.8. The molecular weight excluding hydrogens is 256 g/mol. The molecule has 1 saturated heterocycles. The SMILES string of the molecule is N#Cc1c(N)nc2ccc(N3CCOCC3)cc2c1O. The van der Waals surface area contributed by atoms with Gasteiger partial charge in [-0.05, 0) is 18.2 Å². The van der Waals surface area contributed by atoms with Crippen LogP contribution in [-0.2, 0) is 4.74 Å². The average Bonchev–Trinajstić information content (AvgIpc) is 2.48. The predicted molar refractivity (Wildman–Crippen MR) is 75.6 cm³/mol. The van der Waals surface area contributed by atoms with Crippen LogP contribution in [-0.4, -0.2) is 36.4 Å². The van der Waals surface area contributed by atoms with E-state index in [9.17, 15) is 5.11 Å². The summed E-state index contributed by atoms with van der Waals surface area (Å²) in [7, 11) is 0. The summed E-state index contributed by atoms with van der Waals surface area (Å²) in [5, 5.41) is 19.7. The summed E-state index contributed by atoms with van der Waals surface area (Å²) < 4.78 is 5.32. The van der Waals surface area contributed by atoms with Crippen LogP contribution >= 0.6 is 0 Å². The van der Waals surface area contributed by atoms with E-state index in [2.05, 4.69) is 9.88 Å². The van der Waals surface area contributed by atoms with Gasteiger partial charge in [-0.1, -0.05) is 0 Å². The molecule has 0 amide bonds. The van der Waals surface area contributed by atoms with Crippen molar-refractivity contribution in [2.75, 3.05) is 36.9 Å². The number of nitrogens with two attached hydrogens (primary N) is 1. The molecule has 1 aliphatic heterocycles. The minimum Gasteiger partial charge on any atom is -0.506 e. The van der Waals surface area contributed by atoms with E-state index in [4.69, 9.17) is 15.7 Å². The smallest absolute Gasteiger partial charge is 0.146 e. The predicted octanol–water partition coefficient (Wildman–Crippen LogP) is 1.23. The van der Waals surface area contributed by atoms with Gasteiger partial charge in [0.05, 0.1) is 18.7 Å². The standard InChI is InChI=1S/C14H14N4O2/c15-8-11-13(19)10-7-9(18-3-5-20-6-4-18)1-2-12(10)17-14(11)16/h1-2,7H,3-6H2,(H3,16,17,19). The Bertz CT molecular complexity index is 702. The molecule has 0 spiro atoms. The number of morpholine rings is 1. The molecular formula is C14H14N4O2. The Hall–Kier alpha value is -2.52. The summed E-state index contributed by atoms with van der Waals surface area (Å²) in [6.45, 7) is 2.99. The molecule has 3 N–H and O–H groups in total. The van der Waals surface area contributed by atoms with Crippen molar-refractivity contribution in [3.8, 4) is 11.8 Å². The second-order valence-electron chi connectivity index (χ2n) is 4.63. The first-order valence-corrected chi connectivity index (χ1v) is 6.35. The highest BCUT2D eigenvalue weighted by molar-refractivity contribution is 5.92. The minimum atomic E-state index is -0.106. The Morgan fingerprint density at radius 3 is 2.80 bits per heavy atom. The number of nitrogen functional groups attached to an aromatic ring is 1. The van der Waals surface area contributed by atoms with Crippen molar-refractivity contribution >= 4 is 22.4 Å². The number of ether oxygens (including phenoxy) is 1. The Balaban J connectivity index is 2.12. The normalized spacial score (nSPS) is 15.2. The van der Waals surface area contributed by atoms with Crippen molar-refractivity contribution in [2.24, 2.45) is 0 Å². The molecule has 0 bridgehead atoms. The Kier molecular flexibility index (Phi) is 3.05. The van der Waals surface area contributed by atoms with Crippen molar-refractivity contribution in [1.29, 1.82) is 5.26 Å². The third kappa shape index (κ3) is 1.98. The van der Waals surface area contributed by atoms with Crippen LogP contribution in [0.3, 0.4) is 0 Å². The van der Waals surface area contributed by atoms with Gasteiger partial charge in [-0.15, -0.1) is 0 Å². The number of nitrogens with zero attached hydrogens (tertiary/aromatic N) is 3. The monoisotopic (exact) mass is 270 g/mol. The van der Waals surface area contributed by atoms with Gasteiger partial charge in [0.2, 0.25) is 0 Å². The Morgan fingerprint density at radius 2 is 2.10 bits per heavy atom. The second kappa shape index (κ2) is 4.87. The molecule has 0 radical (unpaired) electrons. The molecule has 0 unspecified atom stereocenters. The van der Waals surface area contributed by atoms with E-state index in [1.165, 1.54) is 0 Å². The third-order valence-electron chi connectivity index (χ3n) is 3.46. The lowest BCUT2D eigenvalue weighted by Crippen LogP contribution is -2.36. The van der Waals surface area contributed by atoms with Crippen molar-refractivity contribution in [1.82, 2.24) is 4.98 Å². The lowest BCUT2D eigenvalue weighted by atomic mass is 10.1. The molecule has 1 aromatic carbocycles. The van der Waals surface area contributed by atoms with Gasteiger partial charge in [-0.25, -0.2) is 4.98 Å². The minimum absolute atomic E-state index is 0.0247. The summed E-state index contributed by atoms with van der Waals surface area (Å²) >= 11 is 0. The molecule has 6 nitrogen and oxygen atoms in total. The van der Waals surface area contributed by atoms with Crippen molar-refractivity contribution < 1.29 is 9.84 Å². The number of hydrogen-bond donors (Lipinski definition) is 2. The van der Waals surface area contributed by atoms with E-state index >= 15 is 0 Å². The molecule has 2 aromatic rings. The number of nitriles is 1. The summed E-state index contributed by atoms with van der Waals surface area (Å²) in [6.07, 6.45) is 0. The lowest BCUT2D eigenvalue weighted by molar-refractivity contribution is 0.122. The van der Waals surface area contributed by atoms with Gasteiger partial charge in [0.1, 0.15) is 23.2 Å². The van der Waals surface area contributed by atoms with Gasteiger partial charge in [0, 0.05) is 24.2 Å². The van der Waals surface area contributed by atoms with E-state index in [0.717, 1.165) is 18.8 Å². The van der Waals surface area contributed by atoms with E-state index in [1.54, 1.807) is 6.07 Å². The number of aromatic hydroxyl groups is 1. The highest BCUT2D eigenvalue weighted by Crippen LogP contribution is 2.33. The van der Waals surface area contributed by atoms with E-state index in [-0.39, 0.29) is 17.1 Å². The van der Waals surface area contributed by atoms with Crippen LogP contribution in [0.1, 0.15) is 5.56 Å². The Labute approximate surface area is 116 Å². The van der Waals surface area contributed by atoms with Crippen molar-refractivity contribution in [3.63, 3.8) is 0 Å². The Morgan fingerprint density at radius 1 is 1.35 bits per heavy atom. The van der Waals surface area contributed by atoms with E-state index in [0.29, 0.717) is 24.1 Å². The molecule has 2 heterocycles. The topological polar surface area (TPSA) is 95.4 Å². The molecule has 1 fully saturated rings. The number of aromatic nitrogens is 1. The maximum absolute atomic E-state index is 10.2. The average molecular weight is 270 g/mol. The quantitative estimate of drug-likeness (QED) is 0.809. The molecule has 20 heavy (non-hydrogen) atoms. The number of benzene rings is 1. The van der Waals surface area contributed by atoms with Crippen LogP contribution in [0.5, 0.6) is 5.75 Å². The molecule has 6 heteroatoms. The highest BCUT2D eigenvalue weighted by atomic mass is 16.5. The second-order valence-corrected chi connectivity index (χ2v) is 4.63. The van der Waals surface area contributed by atoms with Crippen LogP contribution in [0.4, 0.5) is 11.5 Å². The van der Waals surface area contributed by atoms with Crippen LogP contribution in [0, 0.1) is 11.3 Å². The first kappa shape index (κ1) is 12.5.